The fraction of sp³-hybridized carbons (Fsp3) is 0.125. The molecule has 2 N–H and O–H groups in total. The lowest BCUT2D eigenvalue weighted by Crippen LogP contribution is -2.18. The van der Waals surface area contributed by atoms with Crippen LogP contribution in [0.4, 0.5) is 11.5 Å². The predicted octanol–water partition coefficient (Wildman–Crippen LogP) is 4.42. The lowest BCUT2D eigenvalue weighted by atomic mass is 10.0. The minimum atomic E-state index is -0.513. The van der Waals surface area contributed by atoms with Crippen LogP contribution in [0.2, 0.25) is 0 Å². The summed E-state index contributed by atoms with van der Waals surface area (Å²) in [6.07, 6.45) is 0.751. The maximum atomic E-state index is 11.4. The van der Waals surface area contributed by atoms with E-state index in [1.165, 1.54) is 0 Å². The summed E-state index contributed by atoms with van der Waals surface area (Å²) in [4.78, 5) is 22.7. The Morgan fingerprint density at radius 2 is 1.57 bits per heavy atom. The number of nitrogens with one attached hydrogen (secondary N) is 1. The van der Waals surface area contributed by atoms with Gasteiger partial charge in [0, 0.05) is 23.7 Å². The summed E-state index contributed by atoms with van der Waals surface area (Å²) in [5, 5.41) is 9.72. The van der Waals surface area contributed by atoms with Crippen molar-refractivity contribution in [3.05, 3.63) is 95.3 Å². The van der Waals surface area contributed by atoms with Crippen molar-refractivity contribution >= 4 is 28.3 Å². The van der Waals surface area contributed by atoms with Gasteiger partial charge in [-0.1, -0.05) is 36.4 Å². The van der Waals surface area contributed by atoms with Gasteiger partial charge >= 0.3 is 0 Å². The molecule has 0 radical (unpaired) electrons. The van der Waals surface area contributed by atoms with Gasteiger partial charge in [0.15, 0.2) is 0 Å². The van der Waals surface area contributed by atoms with E-state index in [0.29, 0.717) is 5.56 Å². The average molecular weight is 398 g/mol. The van der Waals surface area contributed by atoms with Gasteiger partial charge in [-0.15, -0.1) is 0 Å². The smallest absolute Gasteiger partial charge is 0.274 e. The molecule has 0 aliphatic carbocycles. The molecule has 0 spiro atoms. The number of anilines is 2. The topological polar surface area (TPSA) is 78.4 Å². The van der Waals surface area contributed by atoms with E-state index in [-0.39, 0.29) is 0 Å². The first kappa shape index (κ1) is 19.5. The van der Waals surface area contributed by atoms with Crippen LogP contribution in [0, 0.1) is 6.92 Å². The zero-order chi connectivity index (χ0) is 21.1. The minimum absolute atomic E-state index is 0.422. The number of fused-ring (bicyclic) bond motifs is 1. The van der Waals surface area contributed by atoms with Crippen LogP contribution in [0.25, 0.3) is 10.9 Å². The Labute approximate surface area is 174 Å². The highest BCUT2D eigenvalue weighted by atomic mass is 16.5. The Kier molecular flexibility index (Phi) is 5.41. The van der Waals surface area contributed by atoms with Crippen molar-refractivity contribution in [1.82, 2.24) is 15.4 Å². The summed E-state index contributed by atoms with van der Waals surface area (Å²) < 4.78 is 0. The number of aryl methyl sites for hydroxylation is 1. The Bertz CT molecular complexity index is 1190. The molecule has 4 rings (SSSR count). The van der Waals surface area contributed by atoms with Crippen LogP contribution in [0.5, 0.6) is 0 Å². The lowest BCUT2D eigenvalue weighted by Gasteiger charge is -2.20. The van der Waals surface area contributed by atoms with Gasteiger partial charge in [0.05, 0.1) is 5.52 Å². The maximum Gasteiger partial charge on any atom is 0.274 e. The van der Waals surface area contributed by atoms with Gasteiger partial charge in [0.1, 0.15) is 11.6 Å². The molecule has 150 valence electrons. The van der Waals surface area contributed by atoms with Gasteiger partial charge in [-0.3, -0.25) is 10.0 Å². The van der Waals surface area contributed by atoms with Crippen LogP contribution < -0.4 is 10.4 Å². The quantitative estimate of drug-likeness (QED) is 0.384. The number of carbonyl (C=O) groups is 1. The van der Waals surface area contributed by atoms with Crippen molar-refractivity contribution in [3.8, 4) is 0 Å². The third kappa shape index (κ3) is 3.99. The average Bonchev–Trinajstić information content (AvgIpc) is 2.78. The van der Waals surface area contributed by atoms with E-state index in [1.54, 1.807) is 17.6 Å². The predicted molar refractivity (Wildman–Crippen MR) is 117 cm³/mol. The van der Waals surface area contributed by atoms with E-state index < -0.39 is 5.91 Å². The molecule has 6 heteroatoms. The van der Waals surface area contributed by atoms with Crippen molar-refractivity contribution in [2.24, 2.45) is 0 Å². The number of aromatic nitrogens is 2. The van der Waals surface area contributed by atoms with E-state index in [9.17, 15) is 4.79 Å². The van der Waals surface area contributed by atoms with Crippen LogP contribution in [-0.2, 0) is 6.42 Å². The fourth-order valence-corrected chi connectivity index (χ4v) is 3.46. The van der Waals surface area contributed by atoms with Crippen molar-refractivity contribution < 1.29 is 10.0 Å². The number of nitrogens with zero attached hydrogens (tertiary/aromatic N) is 3. The molecule has 0 bridgehead atoms. The fourth-order valence-electron chi connectivity index (χ4n) is 3.46. The number of hydroxylamine groups is 1. The van der Waals surface area contributed by atoms with Crippen molar-refractivity contribution in [1.29, 1.82) is 0 Å². The summed E-state index contributed by atoms with van der Waals surface area (Å²) in [6.45, 7) is 1.91. The molecule has 0 saturated carbocycles. The second-order valence-corrected chi connectivity index (χ2v) is 7.15. The molecule has 6 nitrogen and oxygen atoms in total. The lowest BCUT2D eigenvalue weighted by molar-refractivity contribution is 0.0706. The highest BCUT2D eigenvalue weighted by Crippen LogP contribution is 2.29. The third-order valence-corrected chi connectivity index (χ3v) is 5.06. The number of carbonyl (C=O) groups excluding carboxylic acids is 1. The normalized spacial score (nSPS) is 10.8. The summed E-state index contributed by atoms with van der Waals surface area (Å²) in [5.74, 6) is 1.11. The number of rotatable bonds is 5. The van der Waals surface area contributed by atoms with Gasteiger partial charge in [0.2, 0.25) is 0 Å². The second kappa shape index (κ2) is 8.31. The van der Waals surface area contributed by atoms with E-state index in [2.05, 4.69) is 39.1 Å². The molecule has 1 aromatic heterocycles. The Morgan fingerprint density at radius 3 is 2.23 bits per heavy atom. The molecule has 1 heterocycles. The van der Waals surface area contributed by atoms with Crippen LogP contribution in [0.15, 0.2) is 72.8 Å². The van der Waals surface area contributed by atoms with Gasteiger partial charge in [-0.2, -0.15) is 0 Å². The largest absolute Gasteiger partial charge is 0.329 e. The van der Waals surface area contributed by atoms with Gasteiger partial charge in [0.25, 0.3) is 5.91 Å². The van der Waals surface area contributed by atoms with E-state index in [1.807, 2.05) is 50.4 Å². The molecule has 1 amide bonds. The number of amides is 1. The Hall–Kier alpha value is -3.77. The zero-order valence-electron chi connectivity index (χ0n) is 16.8. The molecular weight excluding hydrogens is 376 g/mol. The highest BCUT2D eigenvalue weighted by Gasteiger charge is 2.12. The number of hydrogen-bond acceptors (Lipinski definition) is 5. The molecule has 0 saturated heterocycles. The van der Waals surface area contributed by atoms with Crippen LogP contribution in [-0.4, -0.2) is 28.1 Å². The standard InChI is InChI=1S/C24H22N4O2/c1-16-25-22-6-4-3-5-21(22)23(26-16)28(2)20-13-9-18(10-14-20)15-17-7-11-19(12-8-17)24(29)27-30/h3-14,30H,15H2,1-2H3,(H,27,29). The van der Waals surface area contributed by atoms with Crippen LogP contribution >= 0.6 is 0 Å². The highest BCUT2D eigenvalue weighted by molar-refractivity contribution is 5.93. The number of hydrogen-bond donors (Lipinski definition) is 2. The van der Waals surface area contributed by atoms with Gasteiger partial charge < -0.3 is 4.90 Å². The first-order valence-corrected chi connectivity index (χ1v) is 9.64. The first-order chi connectivity index (χ1) is 14.5. The molecule has 0 unspecified atom stereocenters. The Morgan fingerprint density at radius 1 is 0.933 bits per heavy atom. The summed E-state index contributed by atoms with van der Waals surface area (Å²) in [7, 11) is 2.01. The van der Waals surface area contributed by atoms with Crippen LogP contribution in [0.3, 0.4) is 0 Å². The number of benzene rings is 3. The summed E-state index contributed by atoms with van der Waals surface area (Å²) in [5.41, 5.74) is 6.28. The summed E-state index contributed by atoms with van der Waals surface area (Å²) >= 11 is 0. The summed E-state index contributed by atoms with van der Waals surface area (Å²) in [6, 6.07) is 23.5. The van der Waals surface area contributed by atoms with Crippen LogP contribution in [0.1, 0.15) is 27.3 Å². The molecule has 0 fully saturated rings. The first-order valence-electron chi connectivity index (χ1n) is 9.64. The SMILES string of the molecule is Cc1nc(N(C)c2ccc(Cc3ccc(C(=O)NO)cc3)cc2)c2ccccc2n1. The third-order valence-electron chi connectivity index (χ3n) is 5.06. The molecular formula is C24H22N4O2. The van der Waals surface area contributed by atoms with Crippen molar-refractivity contribution in [2.45, 2.75) is 13.3 Å². The maximum absolute atomic E-state index is 11.4. The van der Waals surface area contributed by atoms with Crippen molar-refractivity contribution in [3.63, 3.8) is 0 Å². The molecule has 0 atom stereocenters. The monoisotopic (exact) mass is 398 g/mol. The van der Waals surface area contributed by atoms with E-state index in [0.717, 1.165) is 45.8 Å². The zero-order valence-corrected chi connectivity index (χ0v) is 16.8. The Balaban J connectivity index is 1.54. The molecule has 4 aromatic rings. The molecule has 3 aromatic carbocycles. The van der Waals surface area contributed by atoms with Gasteiger partial charge in [-0.05, 0) is 60.9 Å². The number of para-hydroxylation sites is 1. The molecule has 30 heavy (non-hydrogen) atoms. The van der Waals surface area contributed by atoms with E-state index >= 15 is 0 Å². The molecule has 0 aliphatic rings. The van der Waals surface area contributed by atoms with Gasteiger partial charge in [-0.25, -0.2) is 15.4 Å². The van der Waals surface area contributed by atoms with E-state index in [4.69, 9.17) is 5.21 Å². The minimum Gasteiger partial charge on any atom is -0.329 e. The second-order valence-electron chi connectivity index (χ2n) is 7.15. The van der Waals surface area contributed by atoms with Crippen molar-refractivity contribution in [2.75, 3.05) is 11.9 Å². The molecule has 0 aliphatic heterocycles.